The predicted molar refractivity (Wildman–Crippen MR) is 205 cm³/mol. The lowest BCUT2D eigenvalue weighted by Crippen LogP contribution is -2.54. The van der Waals surface area contributed by atoms with Crippen LogP contribution in [0.25, 0.3) is 21.5 Å². The Morgan fingerprint density at radius 2 is 1.67 bits per heavy atom. The van der Waals surface area contributed by atoms with Crippen LogP contribution in [0, 0.1) is 17.8 Å². The molecule has 2 fully saturated rings. The van der Waals surface area contributed by atoms with Gasteiger partial charge in [-0.05, 0) is 41.5 Å². The van der Waals surface area contributed by atoms with Crippen molar-refractivity contribution in [3.8, 4) is 10.6 Å². The number of benzene rings is 3. The molecule has 2 aliphatic rings. The number of nitrogens with one attached hydrogen (secondary N) is 3. The average Bonchev–Trinajstić information content (AvgIpc) is 3.93. The molecule has 2 aliphatic heterocycles. The van der Waals surface area contributed by atoms with E-state index in [2.05, 4.69) is 57.9 Å². The van der Waals surface area contributed by atoms with Crippen molar-refractivity contribution in [3.05, 3.63) is 112 Å². The Hall–Kier alpha value is -5.00. The topological polar surface area (TPSA) is 128 Å². The maximum atomic E-state index is 13.6. The van der Waals surface area contributed by atoms with E-state index < -0.39 is 5.92 Å². The number of aromatic nitrogens is 2. The monoisotopic (exact) mass is 738 g/mol. The van der Waals surface area contributed by atoms with Crippen LogP contribution in [-0.4, -0.2) is 83.2 Å². The molecule has 0 bridgehead atoms. The first-order chi connectivity index (χ1) is 25.2. The predicted octanol–water partition coefficient (Wildman–Crippen LogP) is 5.84. The van der Waals surface area contributed by atoms with Gasteiger partial charge in [0.15, 0.2) is 0 Å². The molecule has 270 valence electrons. The third-order valence-corrected chi connectivity index (χ3v) is 11.0. The van der Waals surface area contributed by atoms with Gasteiger partial charge < -0.3 is 25.4 Å². The van der Waals surface area contributed by atoms with Gasteiger partial charge in [0.1, 0.15) is 9.88 Å². The minimum absolute atomic E-state index is 0.0827. The minimum atomic E-state index is -0.562. The van der Waals surface area contributed by atoms with Gasteiger partial charge in [0, 0.05) is 60.9 Å². The Morgan fingerprint density at radius 1 is 0.942 bits per heavy atom. The maximum absolute atomic E-state index is 13.6. The first-order valence-corrected chi connectivity index (χ1v) is 18.8. The molecule has 0 saturated carbocycles. The van der Waals surface area contributed by atoms with Crippen LogP contribution < -0.4 is 10.6 Å². The standard InChI is InChI=1S/C31H31ClN6O4S.C9H12/c1-33-27(39)13-35-29(41)24-17-37(28(40)9-19-11-34-25-10-21(32)7-8-22(19)25)14-20-15-38(16-23(20)24)31(42)26-12-36-30(43-26)18-5-3-2-4-6-18;1-2-6-9-7-4-3-5-8-9/h2-8,10-12,20,23-24,34H,9,13-17H2,1H3,(H,33,39)(H,35,41);3-5,7-8H,2,6H2,1H3. The highest BCUT2D eigenvalue weighted by Crippen LogP contribution is 2.37. The van der Waals surface area contributed by atoms with Crippen molar-refractivity contribution in [2.24, 2.45) is 17.8 Å². The van der Waals surface area contributed by atoms with E-state index in [0.29, 0.717) is 29.5 Å². The van der Waals surface area contributed by atoms with E-state index in [-0.39, 0.29) is 55.0 Å². The lowest BCUT2D eigenvalue weighted by molar-refractivity contribution is -0.139. The van der Waals surface area contributed by atoms with Gasteiger partial charge in [-0.1, -0.05) is 91.7 Å². The number of carbonyl (C=O) groups is 4. The van der Waals surface area contributed by atoms with Crippen LogP contribution >= 0.6 is 22.9 Å². The number of H-pyrrole nitrogens is 1. The first-order valence-electron chi connectivity index (χ1n) is 17.6. The van der Waals surface area contributed by atoms with Crippen molar-refractivity contribution >= 4 is 57.5 Å². The second kappa shape index (κ2) is 17.0. The molecule has 2 saturated heterocycles. The highest BCUT2D eigenvalue weighted by Gasteiger charge is 2.48. The summed E-state index contributed by atoms with van der Waals surface area (Å²) in [5, 5.41) is 7.53. The normalized spacial score (nSPS) is 17.9. The van der Waals surface area contributed by atoms with E-state index in [9.17, 15) is 19.2 Å². The van der Waals surface area contributed by atoms with Crippen molar-refractivity contribution in [1.29, 1.82) is 0 Å². The van der Waals surface area contributed by atoms with Gasteiger partial charge in [0.2, 0.25) is 17.7 Å². The van der Waals surface area contributed by atoms with Crippen LogP contribution in [-0.2, 0) is 27.2 Å². The highest BCUT2D eigenvalue weighted by molar-refractivity contribution is 7.16. The number of hydrogen-bond acceptors (Lipinski definition) is 6. The van der Waals surface area contributed by atoms with Crippen molar-refractivity contribution in [2.75, 3.05) is 39.8 Å². The lowest BCUT2D eigenvalue weighted by atomic mass is 9.79. The molecule has 7 rings (SSSR count). The molecule has 5 aromatic rings. The second-order valence-electron chi connectivity index (χ2n) is 13.2. The van der Waals surface area contributed by atoms with Gasteiger partial charge in [0.25, 0.3) is 5.91 Å². The summed E-state index contributed by atoms with van der Waals surface area (Å²) in [4.78, 5) is 64.1. The van der Waals surface area contributed by atoms with Crippen molar-refractivity contribution in [1.82, 2.24) is 30.4 Å². The van der Waals surface area contributed by atoms with E-state index >= 15 is 0 Å². The molecule has 0 radical (unpaired) electrons. The van der Waals surface area contributed by atoms with Gasteiger partial charge in [-0.25, -0.2) is 4.98 Å². The third-order valence-electron chi connectivity index (χ3n) is 9.75. The fourth-order valence-electron chi connectivity index (χ4n) is 7.07. The molecule has 3 atom stereocenters. The Balaban J connectivity index is 0.000000451. The molecule has 4 heterocycles. The number of likely N-dealkylation sites (tertiary alicyclic amines) is 2. The number of halogens is 1. The smallest absolute Gasteiger partial charge is 0.265 e. The van der Waals surface area contributed by atoms with E-state index in [1.165, 1.54) is 36.8 Å². The number of nitrogens with zero attached hydrogens (tertiary/aromatic N) is 3. The zero-order valence-corrected chi connectivity index (χ0v) is 30.9. The zero-order chi connectivity index (χ0) is 36.6. The average molecular weight is 739 g/mol. The number of aryl methyl sites for hydroxylation is 1. The summed E-state index contributed by atoms with van der Waals surface area (Å²) in [6, 6.07) is 25.8. The van der Waals surface area contributed by atoms with Gasteiger partial charge in [-0.2, -0.15) is 0 Å². The lowest BCUT2D eigenvalue weighted by Gasteiger charge is -2.39. The molecule has 10 nitrogen and oxygen atoms in total. The Bertz CT molecular complexity index is 2020. The largest absolute Gasteiger partial charge is 0.361 e. The molecule has 52 heavy (non-hydrogen) atoms. The van der Waals surface area contributed by atoms with E-state index in [4.69, 9.17) is 11.6 Å². The van der Waals surface area contributed by atoms with E-state index in [1.54, 1.807) is 22.1 Å². The zero-order valence-electron chi connectivity index (χ0n) is 29.3. The highest BCUT2D eigenvalue weighted by atomic mass is 35.5. The van der Waals surface area contributed by atoms with Crippen molar-refractivity contribution in [2.45, 2.75) is 26.2 Å². The molecule has 0 spiro atoms. The van der Waals surface area contributed by atoms with Crippen molar-refractivity contribution < 1.29 is 19.2 Å². The number of fused-ring (bicyclic) bond motifs is 2. The number of piperidine rings is 1. The Kier molecular flexibility index (Phi) is 12.0. The Labute approximate surface area is 312 Å². The Morgan fingerprint density at radius 3 is 2.40 bits per heavy atom. The fourth-order valence-corrected chi connectivity index (χ4v) is 8.13. The molecule has 3 aromatic carbocycles. The van der Waals surface area contributed by atoms with Crippen LogP contribution in [0.15, 0.2) is 91.3 Å². The molecular formula is C40H43ClN6O4S. The molecule has 12 heteroatoms. The number of thiazole rings is 1. The molecule has 3 N–H and O–H groups in total. The molecule has 3 unspecified atom stereocenters. The third kappa shape index (κ3) is 8.71. The van der Waals surface area contributed by atoms with Crippen LogP contribution in [0.4, 0.5) is 0 Å². The summed E-state index contributed by atoms with van der Waals surface area (Å²) in [6.45, 7) is 3.53. The summed E-state index contributed by atoms with van der Waals surface area (Å²) in [6.07, 6.45) is 6.03. The van der Waals surface area contributed by atoms with Crippen LogP contribution in [0.2, 0.25) is 5.02 Å². The minimum Gasteiger partial charge on any atom is -0.361 e. The van der Waals surface area contributed by atoms with Gasteiger partial charge in [-0.3, -0.25) is 19.2 Å². The van der Waals surface area contributed by atoms with Gasteiger partial charge >= 0.3 is 0 Å². The van der Waals surface area contributed by atoms with E-state index in [0.717, 1.165) is 27.0 Å². The fraction of sp³-hybridized carbons (Fsp3) is 0.325. The molecule has 2 aromatic heterocycles. The van der Waals surface area contributed by atoms with Crippen LogP contribution in [0.1, 0.15) is 34.1 Å². The summed E-state index contributed by atoms with van der Waals surface area (Å²) < 4.78 is 0. The van der Waals surface area contributed by atoms with Crippen LogP contribution in [0.5, 0.6) is 0 Å². The summed E-state index contributed by atoms with van der Waals surface area (Å²) in [7, 11) is 1.51. The van der Waals surface area contributed by atoms with Gasteiger partial charge in [0.05, 0.1) is 25.1 Å². The van der Waals surface area contributed by atoms with E-state index in [1.807, 2.05) is 48.7 Å². The molecule has 0 aliphatic carbocycles. The number of hydrogen-bond donors (Lipinski definition) is 3. The summed E-state index contributed by atoms with van der Waals surface area (Å²) in [5.41, 5.74) is 4.09. The van der Waals surface area contributed by atoms with Crippen molar-refractivity contribution in [3.63, 3.8) is 0 Å². The number of aromatic amines is 1. The molecule has 4 amide bonds. The number of amides is 4. The number of carbonyl (C=O) groups excluding carboxylic acids is 4. The van der Waals surface area contributed by atoms with Gasteiger partial charge in [-0.15, -0.1) is 11.3 Å². The number of rotatable bonds is 9. The first kappa shape index (κ1) is 36.8. The van der Waals surface area contributed by atoms with Crippen LogP contribution in [0.3, 0.4) is 0 Å². The maximum Gasteiger partial charge on any atom is 0.265 e. The summed E-state index contributed by atoms with van der Waals surface area (Å²) in [5.74, 6) is -1.62. The number of likely N-dealkylation sites (N-methyl/N-ethyl adjacent to an activating group) is 1. The summed E-state index contributed by atoms with van der Waals surface area (Å²) >= 11 is 7.46. The quantitative estimate of drug-likeness (QED) is 0.175. The SMILES string of the molecule is CCCc1ccccc1.CNC(=O)CNC(=O)C1CN(C(=O)Cc2c[nH]c3cc(Cl)ccc23)CC2CN(C(=O)c3cnc(-c4ccccc4)s3)CC21. The molecular weight excluding hydrogens is 696 g/mol. The second-order valence-corrected chi connectivity index (χ2v) is 14.7.